The Morgan fingerprint density at radius 3 is 2.15 bits per heavy atom. The Labute approximate surface area is 191 Å². The zero-order valence-electron chi connectivity index (χ0n) is 18.9. The molecule has 0 radical (unpaired) electrons. The van der Waals surface area contributed by atoms with Crippen molar-refractivity contribution in [2.75, 3.05) is 11.4 Å². The zero-order valence-corrected chi connectivity index (χ0v) is 18.9. The Morgan fingerprint density at radius 2 is 1.61 bits per heavy atom. The molecule has 0 spiro atoms. The molecule has 6 nitrogen and oxygen atoms in total. The second kappa shape index (κ2) is 10.4. The summed E-state index contributed by atoms with van der Waals surface area (Å²) in [5.74, 6) is -1.39. The maximum absolute atomic E-state index is 13.7. The molecule has 0 saturated heterocycles. The van der Waals surface area contributed by atoms with Gasteiger partial charge >= 0.3 is 5.97 Å². The van der Waals surface area contributed by atoms with E-state index in [1.54, 1.807) is 24.5 Å². The number of aromatic nitrogens is 2. The normalized spacial score (nSPS) is 11.3. The van der Waals surface area contributed by atoms with Crippen molar-refractivity contribution in [3.05, 3.63) is 83.2 Å². The van der Waals surface area contributed by atoms with Gasteiger partial charge in [0.2, 0.25) is 5.95 Å². The summed E-state index contributed by atoms with van der Waals surface area (Å²) in [6.07, 6.45) is 4.91. The molecule has 3 aromatic rings. The third-order valence-corrected chi connectivity index (χ3v) is 5.16. The molecule has 8 heteroatoms. The summed E-state index contributed by atoms with van der Waals surface area (Å²) < 4.78 is 32.9. The summed E-state index contributed by atoms with van der Waals surface area (Å²) in [6, 6.07) is 10.6. The second-order valence-electron chi connectivity index (χ2n) is 8.26. The molecule has 0 unspecified atom stereocenters. The van der Waals surface area contributed by atoms with Gasteiger partial charge in [-0.3, -0.25) is 0 Å². The van der Waals surface area contributed by atoms with E-state index in [-0.39, 0.29) is 6.54 Å². The summed E-state index contributed by atoms with van der Waals surface area (Å²) in [5.41, 5.74) is 1.13. The van der Waals surface area contributed by atoms with E-state index in [4.69, 9.17) is 4.74 Å². The van der Waals surface area contributed by atoms with E-state index < -0.39 is 23.2 Å². The van der Waals surface area contributed by atoms with E-state index in [2.05, 4.69) is 9.97 Å². The summed E-state index contributed by atoms with van der Waals surface area (Å²) >= 11 is 0. The predicted octanol–water partition coefficient (Wildman–Crippen LogP) is 4.81. The van der Waals surface area contributed by atoms with Crippen molar-refractivity contribution in [1.29, 1.82) is 0 Å². The van der Waals surface area contributed by atoms with E-state index in [0.717, 1.165) is 23.6 Å². The lowest BCUT2D eigenvalue weighted by atomic mass is 10.1. The fourth-order valence-corrected chi connectivity index (χ4v) is 3.19. The summed E-state index contributed by atoms with van der Waals surface area (Å²) in [6.45, 7) is 5.73. The summed E-state index contributed by atoms with van der Waals surface area (Å²) in [7, 11) is 0. The number of hydrogen-bond donors (Lipinski definition) is 1. The van der Waals surface area contributed by atoms with Crippen molar-refractivity contribution < 1.29 is 23.4 Å². The highest BCUT2D eigenvalue weighted by molar-refractivity contribution is 5.76. The average Bonchev–Trinajstić information content (AvgIpc) is 2.77. The zero-order chi connectivity index (χ0) is 24.0. The SMILES string of the molecule is CCc1cnc(N(CCc2ccc(OC(C)(C)C(=O)O)cc2)Cc2cc(F)cc(F)c2)nc1. The molecule has 1 N–H and O–H groups in total. The lowest BCUT2D eigenvalue weighted by Crippen LogP contribution is -2.37. The van der Waals surface area contributed by atoms with Crippen molar-refractivity contribution in [2.45, 2.75) is 45.8 Å². The molecular weight excluding hydrogens is 428 g/mol. The van der Waals surface area contributed by atoms with Gasteiger partial charge < -0.3 is 14.7 Å². The van der Waals surface area contributed by atoms with Gasteiger partial charge in [0.1, 0.15) is 17.4 Å². The molecule has 2 aromatic carbocycles. The molecule has 0 amide bonds. The fraction of sp³-hybridized carbons (Fsp3) is 0.320. The fourth-order valence-electron chi connectivity index (χ4n) is 3.19. The number of carbonyl (C=O) groups is 1. The lowest BCUT2D eigenvalue weighted by molar-refractivity contribution is -0.152. The number of hydrogen-bond acceptors (Lipinski definition) is 5. The van der Waals surface area contributed by atoms with E-state index >= 15 is 0 Å². The van der Waals surface area contributed by atoms with Crippen LogP contribution in [0.4, 0.5) is 14.7 Å². The standard InChI is InChI=1S/C25H27F2N3O3/c1-4-17-14-28-24(29-15-17)30(16-19-11-20(26)13-21(27)12-19)10-9-18-5-7-22(8-6-18)33-25(2,3)23(31)32/h5-8,11-15H,4,9-10,16H2,1-3H3,(H,31,32). The first-order chi connectivity index (χ1) is 15.7. The minimum Gasteiger partial charge on any atom is -0.478 e. The average molecular weight is 456 g/mol. The van der Waals surface area contributed by atoms with E-state index in [1.807, 2.05) is 24.0 Å². The van der Waals surface area contributed by atoms with Crippen LogP contribution >= 0.6 is 0 Å². The maximum Gasteiger partial charge on any atom is 0.347 e. The minimum absolute atomic E-state index is 0.244. The van der Waals surface area contributed by atoms with Crippen LogP contribution < -0.4 is 9.64 Å². The number of rotatable bonds is 10. The van der Waals surface area contributed by atoms with E-state index in [0.29, 0.717) is 30.2 Å². The van der Waals surface area contributed by atoms with Crippen molar-refractivity contribution in [1.82, 2.24) is 9.97 Å². The van der Waals surface area contributed by atoms with Gasteiger partial charge in [-0.15, -0.1) is 0 Å². The van der Waals surface area contributed by atoms with Gasteiger partial charge in [-0.25, -0.2) is 23.5 Å². The third kappa shape index (κ3) is 6.71. The molecule has 3 rings (SSSR count). The van der Waals surface area contributed by atoms with Crippen LogP contribution in [0.25, 0.3) is 0 Å². The Balaban J connectivity index is 1.74. The number of carboxylic acids is 1. The largest absolute Gasteiger partial charge is 0.478 e. The van der Waals surface area contributed by atoms with Crippen LogP contribution in [0.2, 0.25) is 0 Å². The molecule has 174 valence electrons. The highest BCUT2D eigenvalue weighted by atomic mass is 19.1. The molecule has 0 fully saturated rings. The van der Waals surface area contributed by atoms with Crippen molar-refractivity contribution in [3.8, 4) is 5.75 Å². The lowest BCUT2D eigenvalue weighted by Gasteiger charge is -2.23. The Bertz CT molecular complexity index is 1070. The first-order valence-corrected chi connectivity index (χ1v) is 10.7. The quantitative estimate of drug-likeness (QED) is 0.473. The number of ether oxygens (including phenoxy) is 1. The Kier molecular flexibility index (Phi) is 7.58. The summed E-state index contributed by atoms with van der Waals surface area (Å²) in [4.78, 5) is 22.0. The molecule has 0 aliphatic rings. The molecule has 1 heterocycles. The molecule has 0 atom stereocenters. The monoisotopic (exact) mass is 455 g/mol. The first-order valence-electron chi connectivity index (χ1n) is 10.7. The molecular formula is C25H27F2N3O3. The van der Waals surface area contributed by atoms with Crippen LogP contribution in [-0.4, -0.2) is 33.2 Å². The molecule has 0 bridgehead atoms. The maximum atomic E-state index is 13.7. The molecule has 0 aliphatic carbocycles. The van der Waals surface area contributed by atoms with Gasteiger partial charge in [-0.2, -0.15) is 0 Å². The number of nitrogens with zero attached hydrogens (tertiary/aromatic N) is 3. The van der Waals surface area contributed by atoms with Crippen LogP contribution in [0.3, 0.4) is 0 Å². The highest BCUT2D eigenvalue weighted by Crippen LogP contribution is 2.21. The van der Waals surface area contributed by atoms with E-state index in [9.17, 15) is 18.7 Å². The van der Waals surface area contributed by atoms with Crippen molar-refractivity contribution >= 4 is 11.9 Å². The Hall–Kier alpha value is -3.55. The first kappa shape index (κ1) is 24.1. The molecule has 0 aliphatic heterocycles. The smallest absolute Gasteiger partial charge is 0.347 e. The number of aryl methyl sites for hydroxylation is 1. The van der Waals surface area contributed by atoms with Crippen LogP contribution in [0.15, 0.2) is 54.9 Å². The van der Waals surface area contributed by atoms with Gasteiger partial charge in [-0.1, -0.05) is 19.1 Å². The van der Waals surface area contributed by atoms with E-state index in [1.165, 1.54) is 26.0 Å². The van der Waals surface area contributed by atoms with Crippen molar-refractivity contribution in [2.24, 2.45) is 0 Å². The Morgan fingerprint density at radius 1 is 1.00 bits per heavy atom. The molecule has 0 saturated carbocycles. The van der Waals surface area contributed by atoms with Crippen molar-refractivity contribution in [3.63, 3.8) is 0 Å². The van der Waals surface area contributed by atoms with Crippen LogP contribution in [0.5, 0.6) is 5.75 Å². The van der Waals surface area contributed by atoms with Gasteiger partial charge in [0.15, 0.2) is 5.60 Å². The molecule has 1 aromatic heterocycles. The number of halogens is 2. The van der Waals surface area contributed by atoms with Crippen LogP contribution in [0, 0.1) is 11.6 Å². The van der Waals surface area contributed by atoms with Gasteiger partial charge in [0, 0.05) is 31.5 Å². The van der Waals surface area contributed by atoms with Gasteiger partial charge in [-0.05, 0) is 67.6 Å². The van der Waals surface area contributed by atoms with Gasteiger partial charge in [0.25, 0.3) is 0 Å². The van der Waals surface area contributed by atoms with Gasteiger partial charge in [0.05, 0.1) is 0 Å². The number of carboxylic acid groups (broad SMARTS) is 1. The highest BCUT2D eigenvalue weighted by Gasteiger charge is 2.29. The van der Waals surface area contributed by atoms with Crippen LogP contribution in [-0.2, 0) is 24.2 Å². The summed E-state index contributed by atoms with van der Waals surface area (Å²) in [5, 5.41) is 9.21. The third-order valence-electron chi connectivity index (χ3n) is 5.16. The number of benzene rings is 2. The molecule has 33 heavy (non-hydrogen) atoms. The topological polar surface area (TPSA) is 75.6 Å². The second-order valence-corrected chi connectivity index (χ2v) is 8.26. The van der Waals surface area contributed by atoms with Crippen LogP contribution in [0.1, 0.15) is 37.5 Å². The predicted molar refractivity (Wildman–Crippen MR) is 121 cm³/mol. The number of anilines is 1. The number of aliphatic carboxylic acids is 1. The minimum atomic E-state index is -1.33.